The molecule has 15 heavy (non-hydrogen) atoms. The predicted octanol–water partition coefficient (Wildman–Crippen LogP) is 3.43. The van der Waals surface area contributed by atoms with Gasteiger partial charge in [-0.15, -0.1) is 0 Å². The molecule has 0 amide bonds. The molecule has 1 aromatic carbocycles. The van der Waals surface area contributed by atoms with Crippen LogP contribution < -0.4 is 5.32 Å². The van der Waals surface area contributed by atoms with Crippen molar-refractivity contribution in [3.63, 3.8) is 0 Å². The van der Waals surface area contributed by atoms with Crippen LogP contribution in [0.4, 0.5) is 0 Å². The molecule has 1 heteroatoms. The second kappa shape index (κ2) is 4.36. The molecular weight excluding hydrogens is 182 g/mol. The Balaban J connectivity index is 2.31. The quantitative estimate of drug-likeness (QED) is 0.737. The van der Waals surface area contributed by atoms with Crippen LogP contribution in [0, 0.1) is 20.8 Å². The highest BCUT2D eigenvalue weighted by atomic mass is 14.9. The largest absolute Gasteiger partial charge is 0.310 e. The fourth-order valence-electron chi connectivity index (χ4n) is 2.47. The lowest BCUT2D eigenvalue weighted by Crippen LogP contribution is -2.27. The summed E-state index contributed by atoms with van der Waals surface area (Å²) in [7, 11) is 0. The van der Waals surface area contributed by atoms with E-state index in [-0.39, 0.29) is 0 Å². The zero-order valence-corrected chi connectivity index (χ0v) is 10.1. The van der Waals surface area contributed by atoms with E-state index >= 15 is 0 Å². The summed E-state index contributed by atoms with van der Waals surface area (Å²) in [6.07, 6.45) is 3.99. The molecule has 1 saturated heterocycles. The Kier molecular flexibility index (Phi) is 3.11. The molecule has 0 bridgehead atoms. The molecule has 82 valence electrons. The minimum Gasteiger partial charge on any atom is -0.310 e. The van der Waals surface area contributed by atoms with E-state index in [1.54, 1.807) is 0 Å². The third kappa shape index (κ3) is 2.07. The second-order valence-corrected chi connectivity index (χ2v) is 4.72. The maximum Gasteiger partial charge on any atom is 0.0322 e. The minimum absolute atomic E-state index is 0.595. The first-order valence-corrected chi connectivity index (χ1v) is 6.00. The van der Waals surface area contributed by atoms with Gasteiger partial charge in [0.1, 0.15) is 0 Å². The summed E-state index contributed by atoms with van der Waals surface area (Å²) in [6, 6.07) is 5.16. The number of benzene rings is 1. The van der Waals surface area contributed by atoms with Gasteiger partial charge < -0.3 is 5.32 Å². The first-order valence-electron chi connectivity index (χ1n) is 6.00. The van der Waals surface area contributed by atoms with Crippen molar-refractivity contribution in [2.45, 2.75) is 46.1 Å². The van der Waals surface area contributed by atoms with Gasteiger partial charge in [-0.05, 0) is 62.4 Å². The third-order valence-corrected chi connectivity index (χ3v) is 3.79. The fourth-order valence-corrected chi connectivity index (χ4v) is 2.47. The van der Waals surface area contributed by atoms with E-state index in [1.165, 1.54) is 48.1 Å². The lowest BCUT2D eigenvalue weighted by Gasteiger charge is -2.26. The van der Waals surface area contributed by atoms with E-state index in [4.69, 9.17) is 0 Å². The minimum atomic E-state index is 0.595. The molecule has 2 rings (SSSR count). The highest BCUT2D eigenvalue weighted by Crippen LogP contribution is 2.28. The molecule has 0 aliphatic carbocycles. The molecule has 1 aliphatic heterocycles. The monoisotopic (exact) mass is 203 g/mol. The highest BCUT2D eigenvalue weighted by molar-refractivity contribution is 5.40. The molecule has 1 fully saturated rings. The van der Waals surface area contributed by atoms with Crippen molar-refractivity contribution in [2.75, 3.05) is 6.54 Å². The van der Waals surface area contributed by atoms with E-state index in [2.05, 4.69) is 38.2 Å². The Labute approximate surface area is 92.9 Å². The third-order valence-electron chi connectivity index (χ3n) is 3.79. The van der Waals surface area contributed by atoms with Crippen LogP contribution in [0.15, 0.2) is 12.1 Å². The van der Waals surface area contributed by atoms with Gasteiger partial charge in [0.05, 0.1) is 0 Å². The average Bonchev–Trinajstić information content (AvgIpc) is 2.27. The lowest BCUT2D eigenvalue weighted by molar-refractivity contribution is 0.411. The smallest absolute Gasteiger partial charge is 0.0322 e. The van der Waals surface area contributed by atoms with E-state index in [0.717, 1.165) is 0 Å². The van der Waals surface area contributed by atoms with Gasteiger partial charge in [-0.25, -0.2) is 0 Å². The topological polar surface area (TPSA) is 12.0 Å². The SMILES string of the molecule is Cc1ccc(C2CCCCN2)c(C)c1C. The van der Waals surface area contributed by atoms with Crippen molar-refractivity contribution in [3.05, 3.63) is 34.4 Å². The Bertz CT molecular complexity index is 349. The van der Waals surface area contributed by atoms with Gasteiger partial charge in [0.2, 0.25) is 0 Å². The van der Waals surface area contributed by atoms with Crippen molar-refractivity contribution in [1.82, 2.24) is 5.32 Å². The van der Waals surface area contributed by atoms with E-state index in [1.807, 2.05) is 0 Å². The van der Waals surface area contributed by atoms with Gasteiger partial charge in [0, 0.05) is 6.04 Å². The summed E-state index contributed by atoms with van der Waals surface area (Å²) in [4.78, 5) is 0. The molecule has 0 saturated carbocycles. The molecule has 1 aromatic rings. The van der Waals surface area contributed by atoms with Gasteiger partial charge in [-0.2, -0.15) is 0 Å². The first-order chi connectivity index (χ1) is 7.20. The lowest BCUT2D eigenvalue weighted by atomic mass is 9.90. The maximum atomic E-state index is 3.62. The molecule has 1 aliphatic rings. The second-order valence-electron chi connectivity index (χ2n) is 4.72. The molecule has 1 heterocycles. The first kappa shape index (κ1) is 10.7. The van der Waals surface area contributed by atoms with Crippen LogP contribution in [0.1, 0.15) is 47.6 Å². The van der Waals surface area contributed by atoms with Crippen LogP contribution in [0.2, 0.25) is 0 Å². The van der Waals surface area contributed by atoms with Crippen molar-refractivity contribution in [1.29, 1.82) is 0 Å². The number of nitrogens with one attached hydrogen (secondary N) is 1. The van der Waals surface area contributed by atoms with Gasteiger partial charge in [-0.3, -0.25) is 0 Å². The van der Waals surface area contributed by atoms with E-state index in [9.17, 15) is 0 Å². The van der Waals surface area contributed by atoms with Gasteiger partial charge in [0.25, 0.3) is 0 Å². The van der Waals surface area contributed by atoms with Gasteiger partial charge in [0.15, 0.2) is 0 Å². The molecule has 1 unspecified atom stereocenters. The molecule has 0 spiro atoms. The molecule has 1 atom stereocenters. The number of rotatable bonds is 1. The Morgan fingerprint density at radius 3 is 2.53 bits per heavy atom. The van der Waals surface area contributed by atoms with E-state index in [0.29, 0.717) is 6.04 Å². The summed E-state index contributed by atoms with van der Waals surface area (Å²) in [5, 5.41) is 3.62. The van der Waals surface area contributed by atoms with Crippen LogP contribution in [0.5, 0.6) is 0 Å². The zero-order chi connectivity index (χ0) is 10.8. The molecular formula is C14H21N. The summed E-state index contributed by atoms with van der Waals surface area (Å²) in [5.41, 5.74) is 5.86. The number of aryl methyl sites for hydroxylation is 1. The van der Waals surface area contributed by atoms with Crippen molar-refractivity contribution >= 4 is 0 Å². The zero-order valence-electron chi connectivity index (χ0n) is 10.1. The molecule has 1 nitrogen and oxygen atoms in total. The van der Waals surface area contributed by atoms with Crippen LogP contribution in [0.3, 0.4) is 0 Å². The number of piperidine rings is 1. The Morgan fingerprint density at radius 2 is 1.87 bits per heavy atom. The molecule has 0 radical (unpaired) electrons. The Morgan fingerprint density at radius 1 is 1.07 bits per heavy atom. The van der Waals surface area contributed by atoms with Crippen molar-refractivity contribution in [3.8, 4) is 0 Å². The standard InChI is InChI=1S/C14H21N/c1-10-7-8-13(12(3)11(10)2)14-6-4-5-9-15-14/h7-8,14-15H,4-6,9H2,1-3H3. The van der Waals surface area contributed by atoms with Crippen LogP contribution in [-0.2, 0) is 0 Å². The number of hydrogen-bond acceptors (Lipinski definition) is 1. The maximum absolute atomic E-state index is 3.62. The predicted molar refractivity (Wildman–Crippen MR) is 65.2 cm³/mol. The van der Waals surface area contributed by atoms with Crippen LogP contribution >= 0.6 is 0 Å². The summed E-state index contributed by atoms with van der Waals surface area (Å²) in [6.45, 7) is 7.86. The summed E-state index contributed by atoms with van der Waals surface area (Å²) in [5.74, 6) is 0. The average molecular weight is 203 g/mol. The fraction of sp³-hybridized carbons (Fsp3) is 0.571. The van der Waals surface area contributed by atoms with Crippen molar-refractivity contribution < 1.29 is 0 Å². The van der Waals surface area contributed by atoms with Gasteiger partial charge in [-0.1, -0.05) is 18.6 Å². The van der Waals surface area contributed by atoms with Gasteiger partial charge >= 0.3 is 0 Å². The Hall–Kier alpha value is -0.820. The normalized spacial score (nSPS) is 21.7. The summed E-state index contributed by atoms with van der Waals surface area (Å²) >= 11 is 0. The van der Waals surface area contributed by atoms with Crippen LogP contribution in [0.25, 0.3) is 0 Å². The molecule has 1 N–H and O–H groups in total. The number of hydrogen-bond donors (Lipinski definition) is 1. The molecule has 0 aromatic heterocycles. The summed E-state index contributed by atoms with van der Waals surface area (Å²) < 4.78 is 0. The van der Waals surface area contributed by atoms with Crippen LogP contribution in [-0.4, -0.2) is 6.54 Å². The van der Waals surface area contributed by atoms with E-state index < -0.39 is 0 Å². The van der Waals surface area contributed by atoms with Crippen molar-refractivity contribution in [2.24, 2.45) is 0 Å². The highest BCUT2D eigenvalue weighted by Gasteiger charge is 2.17.